The number of benzene rings is 3. The molecule has 0 amide bonds. The first-order valence-electron chi connectivity index (χ1n) is 6.67. The van der Waals surface area contributed by atoms with Crippen LogP contribution >= 0.6 is 20.2 Å². The number of halogens is 1. The van der Waals surface area contributed by atoms with Crippen LogP contribution in [-0.2, 0) is 0 Å². The second kappa shape index (κ2) is 6.14. The van der Waals surface area contributed by atoms with Crippen LogP contribution in [0.3, 0.4) is 0 Å². The van der Waals surface area contributed by atoms with E-state index in [0.717, 1.165) is 0 Å². The van der Waals surface area contributed by atoms with Gasteiger partial charge in [0.15, 0.2) is 0 Å². The number of hydrogen-bond acceptors (Lipinski definition) is 0. The van der Waals surface area contributed by atoms with E-state index in [1.807, 2.05) is 0 Å². The van der Waals surface area contributed by atoms with Crippen molar-refractivity contribution in [1.29, 1.82) is 0 Å². The van der Waals surface area contributed by atoms with E-state index in [-0.39, 0.29) is 0 Å². The molecule has 98 valence electrons. The summed E-state index contributed by atoms with van der Waals surface area (Å²) in [4.78, 5) is 0. The molecule has 0 bridgehead atoms. The first kappa shape index (κ1) is 13.9. The summed E-state index contributed by atoms with van der Waals surface area (Å²) in [5.41, 5.74) is 0. The van der Waals surface area contributed by atoms with Gasteiger partial charge in [-0.25, -0.2) is 0 Å². The molecule has 3 aromatic carbocycles. The standard InChI is InChI=1S/C18H15GeI/c20-19(16-10-4-1-5-11-16,17-12-6-2-7-13-17)18-14-8-3-9-15-18/h1-15H. The summed E-state index contributed by atoms with van der Waals surface area (Å²) in [6, 6.07) is 32.9. The van der Waals surface area contributed by atoms with E-state index in [4.69, 9.17) is 0 Å². The summed E-state index contributed by atoms with van der Waals surface area (Å²) in [5, 5.41) is 0. The summed E-state index contributed by atoms with van der Waals surface area (Å²) in [6.45, 7) is 0. The molecule has 0 saturated carbocycles. The fourth-order valence-electron chi connectivity index (χ4n) is 2.50. The maximum atomic E-state index is 2.76. The van der Waals surface area contributed by atoms with E-state index in [2.05, 4.69) is 111 Å². The Labute approximate surface area is 133 Å². The molecule has 3 aromatic rings. The van der Waals surface area contributed by atoms with E-state index in [9.17, 15) is 0 Å². The zero-order valence-electron chi connectivity index (χ0n) is 11.0. The van der Waals surface area contributed by atoms with Crippen molar-refractivity contribution in [2.45, 2.75) is 0 Å². The minimum atomic E-state index is -2.52. The Morgan fingerprint density at radius 1 is 0.450 bits per heavy atom. The van der Waals surface area contributed by atoms with Crippen LogP contribution in [0.1, 0.15) is 0 Å². The van der Waals surface area contributed by atoms with Crippen molar-refractivity contribution in [3.63, 3.8) is 0 Å². The van der Waals surface area contributed by atoms with Crippen molar-refractivity contribution < 1.29 is 0 Å². The Morgan fingerprint density at radius 3 is 0.950 bits per heavy atom. The zero-order chi connectivity index (χ0) is 13.8. The van der Waals surface area contributed by atoms with Crippen molar-refractivity contribution in [2.24, 2.45) is 0 Å². The van der Waals surface area contributed by atoms with Gasteiger partial charge >= 0.3 is 134 Å². The van der Waals surface area contributed by atoms with Gasteiger partial charge in [0.1, 0.15) is 0 Å². The van der Waals surface area contributed by atoms with E-state index < -0.39 is 9.96 Å². The molecule has 0 N–H and O–H groups in total. The van der Waals surface area contributed by atoms with Crippen molar-refractivity contribution in [3.8, 4) is 0 Å². The molecule has 0 unspecified atom stereocenters. The van der Waals surface area contributed by atoms with Gasteiger partial charge in [0.05, 0.1) is 0 Å². The Morgan fingerprint density at radius 2 is 0.700 bits per heavy atom. The van der Waals surface area contributed by atoms with E-state index in [1.54, 1.807) is 0 Å². The van der Waals surface area contributed by atoms with E-state index in [0.29, 0.717) is 0 Å². The first-order chi connectivity index (χ1) is 9.82. The van der Waals surface area contributed by atoms with Crippen LogP contribution in [0.15, 0.2) is 91.0 Å². The van der Waals surface area contributed by atoms with Crippen molar-refractivity contribution >= 4 is 43.4 Å². The van der Waals surface area contributed by atoms with Crippen LogP contribution in [0.4, 0.5) is 0 Å². The fourth-order valence-corrected chi connectivity index (χ4v) is 14.3. The molecule has 20 heavy (non-hydrogen) atoms. The molecule has 0 aliphatic rings. The summed E-state index contributed by atoms with van der Waals surface area (Å²) in [6.07, 6.45) is 0. The van der Waals surface area contributed by atoms with Gasteiger partial charge in [-0.15, -0.1) is 0 Å². The van der Waals surface area contributed by atoms with Crippen LogP contribution < -0.4 is 13.2 Å². The predicted molar refractivity (Wildman–Crippen MR) is 98.0 cm³/mol. The van der Waals surface area contributed by atoms with Crippen molar-refractivity contribution in [1.82, 2.24) is 0 Å². The molecule has 0 saturated heterocycles. The van der Waals surface area contributed by atoms with Crippen LogP contribution in [-0.4, -0.2) is 9.96 Å². The van der Waals surface area contributed by atoms with Crippen molar-refractivity contribution in [2.75, 3.05) is 0 Å². The summed E-state index contributed by atoms with van der Waals surface area (Å²) >= 11 is 2.76. The Bertz CT molecular complexity index is 569. The van der Waals surface area contributed by atoms with E-state index >= 15 is 0 Å². The topological polar surface area (TPSA) is 0 Å². The van der Waals surface area contributed by atoms with Gasteiger partial charge in [0.25, 0.3) is 0 Å². The molecule has 0 radical (unpaired) electrons. The van der Waals surface area contributed by atoms with Gasteiger partial charge in [-0.05, 0) is 0 Å². The molecule has 0 atom stereocenters. The Kier molecular flexibility index (Phi) is 4.27. The van der Waals surface area contributed by atoms with Crippen LogP contribution in [0.5, 0.6) is 0 Å². The second-order valence-corrected chi connectivity index (χ2v) is 19.6. The molecular formula is C18H15GeI. The molecule has 3 rings (SSSR count). The van der Waals surface area contributed by atoms with Crippen LogP contribution in [0, 0.1) is 0 Å². The molecule has 0 fully saturated rings. The maximum absolute atomic E-state index is 2.76. The summed E-state index contributed by atoms with van der Waals surface area (Å²) in [5.74, 6) is 0. The average Bonchev–Trinajstić information content (AvgIpc) is 2.56. The Hall–Kier alpha value is -1.07. The number of hydrogen-bond donors (Lipinski definition) is 0. The second-order valence-electron chi connectivity index (χ2n) is 4.76. The third kappa shape index (κ3) is 2.57. The van der Waals surface area contributed by atoms with E-state index in [1.165, 1.54) is 13.2 Å². The monoisotopic (exact) mass is 432 g/mol. The fraction of sp³-hybridized carbons (Fsp3) is 0. The molecule has 0 nitrogen and oxygen atoms in total. The molecular weight excluding hydrogens is 416 g/mol. The molecule has 2 heteroatoms. The van der Waals surface area contributed by atoms with Gasteiger partial charge < -0.3 is 0 Å². The van der Waals surface area contributed by atoms with Crippen LogP contribution in [0.25, 0.3) is 0 Å². The Balaban J connectivity index is 2.24. The average molecular weight is 431 g/mol. The summed E-state index contributed by atoms with van der Waals surface area (Å²) in [7, 11) is -2.52. The molecule has 0 aromatic heterocycles. The molecule has 0 aliphatic heterocycles. The minimum absolute atomic E-state index is 1.49. The van der Waals surface area contributed by atoms with Crippen LogP contribution in [0.2, 0.25) is 0 Å². The quantitative estimate of drug-likeness (QED) is 0.442. The van der Waals surface area contributed by atoms with Gasteiger partial charge in [-0.3, -0.25) is 0 Å². The summed E-state index contributed by atoms with van der Waals surface area (Å²) < 4.78 is 4.47. The van der Waals surface area contributed by atoms with Crippen molar-refractivity contribution in [3.05, 3.63) is 91.0 Å². The number of rotatable bonds is 3. The van der Waals surface area contributed by atoms with Gasteiger partial charge in [0, 0.05) is 0 Å². The van der Waals surface area contributed by atoms with Gasteiger partial charge in [0.2, 0.25) is 0 Å². The third-order valence-electron chi connectivity index (χ3n) is 3.51. The molecule has 0 heterocycles. The predicted octanol–water partition coefficient (Wildman–Crippen LogP) is 3.09. The van der Waals surface area contributed by atoms with Gasteiger partial charge in [-0.1, -0.05) is 0 Å². The normalized spacial score (nSPS) is 11.2. The molecule has 0 spiro atoms. The SMILES string of the molecule is [I][Ge]([c]1ccccc1)([c]1ccccc1)[c]1ccccc1. The molecule has 0 aliphatic carbocycles. The van der Waals surface area contributed by atoms with Gasteiger partial charge in [-0.2, -0.15) is 0 Å². The first-order valence-corrected chi connectivity index (χ1v) is 16.2. The third-order valence-corrected chi connectivity index (χ3v) is 20.3. The zero-order valence-corrected chi connectivity index (χ0v) is 15.3.